The Labute approximate surface area is 176 Å². The van der Waals surface area contributed by atoms with Gasteiger partial charge in [-0.3, -0.25) is 4.79 Å². The lowest BCUT2D eigenvalue weighted by Gasteiger charge is -2.15. The van der Waals surface area contributed by atoms with Crippen LogP contribution in [-0.2, 0) is 4.74 Å². The molecule has 1 amide bonds. The lowest BCUT2D eigenvalue weighted by molar-refractivity contribution is 0.0525. The summed E-state index contributed by atoms with van der Waals surface area (Å²) >= 11 is 0. The fraction of sp³-hybridized carbons (Fsp3) is 0.348. The van der Waals surface area contributed by atoms with Gasteiger partial charge in [0.15, 0.2) is 0 Å². The Morgan fingerprint density at radius 1 is 1.20 bits per heavy atom. The monoisotopic (exact) mass is 408 g/mol. The van der Waals surface area contributed by atoms with Crippen molar-refractivity contribution in [1.29, 1.82) is 0 Å². The number of rotatable bonds is 6. The van der Waals surface area contributed by atoms with E-state index in [4.69, 9.17) is 4.74 Å². The van der Waals surface area contributed by atoms with E-state index in [9.17, 15) is 9.59 Å². The highest BCUT2D eigenvalue weighted by molar-refractivity contribution is 6.00. The van der Waals surface area contributed by atoms with Gasteiger partial charge in [-0.05, 0) is 58.7 Å². The first-order valence-corrected chi connectivity index (χ1v) is 10.0. The van der Waals surface area contributed by atoms with Crippen LogP contribution < -0.4 is 5.32 Å². The van der Waals surface area contributed by atoms with E-state index in [1.54, 1.807) is 27.0 Å². The van der Waals surface area contributed by atoms with Crippen LogP contribution >= 0.6 is 0 Å². The molecule has 2 N–H and O–H groups in total. The molecule has 0 radical (unpaired) electrons. The molecular weight excluding hydrogens is 380 g/mol. The predicted octanol–water partition coefficient (Wildman–Crippen LogP) is 4.10. The molecule has 1 unspecified atom stereocenters. The molecule has 7 nitrogen and oxygen atoms in total. The molecule has 2 aromatic heterocycles. The van der Waals surface area contributed by atoms with E-state index in [0.29, 0.717) is 22.5 Å². The van der Waals surface area contributed by atoms with E-state index in [1.165, 1.54) is 0 Å². The molecule has 0 bridgehead atoms. The number of aromatic amines is 1. The zero-order valence-corrected chi connectivity index (χ0v) is 18.3. The molecule has 0 saturated carbocycles. The van der Waals surface area contributed by atoms with Crippen LogP contribution in [-0.4, -0.2) is 33.2 Å². The van der Waals surface area contributed by atoms with Crippen LogP contribution in [0.2, 0.25) is 0 Å². The summed E-state index contributed by atoms with van der Waals surface area (Å²) in [6.45, 7) is 11.5. The molecule has 1 atom stereocenters. The van der Waals surface area contributed by atoms with Gasteiger partial charge in [-0.1, -0.05) is 18.2 Å². The summed E-state index contributed by atoms with van der Waals surface area (Å²) in [6.07, 6.45) is 1.78. The Bertz CT molecular complexity index is 1090. The molecule has 3 aromatic rings. The van der Waals surface area contributed by atoms with Crippen molar-refractivity contribution < 1.29 is 14.3 Å². The second kappa shape index (κ2) is 8.57. The van der Waals surface area contributed by atoms with Crippen LogP contribution in [0.25, 0.3) is 5.69 Å². The maximum absolute atomic E-state index is 12.9. The Kier molecular flexibility index (Phi) is 6.10. The number of benzene rings is 1. The molecule has 0 saturated heterocycles. The van der Waals surface area contributed by atoms with Crippen molar-refractivity contribution in [2.75, 3.05) is 6.61 Å². The van der Waals surface area contributed by atoms with Crippen molar-refractivity contribution in [3.8, 4) is 5.69 Å². The lowest BCUT2D eigenvalue weighted by Crippen LogP contribution is -2.28. The summed E-state index contributed by atoms with van der Waals surface area (Å²) in [7, 11) is 0. The van der Waals surface area contributed by atoms with Gasteiger partial charge in [0.1, 0.15) is 5.69 Å². The maximum Gasteiger partial charge on any atom is 0.340 e. The fourth-order valence-electron chi connectivity index (χ4n) is 3.72. The number of carbonyl (C=O) groups excluding carboxylic acids is 2. The maximum atomic E-state index is 12.9. The molecule has 0 aliphatic carbocycles. The number of aromatic nitrogens is 3. The predicted molar refractivity (Wildman–Crippen MR) is 115 cm³/mol. The van der Waals surface area contributed by atoms with E-state index < -0.39 is 5.97 Å². The van der Waals surface area contributed by atoms with Crippen LogP contribution in [0.3, 0.4) is 0 Å². The summed E-state index contributed by atoms with van der Waals surface area (Å²) in [5, 5.41) is 7.53. The molecule has 0 spiro atoms. The number of ether oxygens (including phenoxy) is 1. The lowest BCUT2D eigenvalue weighted by atomic mass is 10.1. The van der Waals surface area contributed by atoms with Gasteiger partial charge in [-0.25, -0.2) is 9.48 Å². The fourth-order valence-corrected chi connectivity index (χ4v) is 3.72. The van der Waals surface area contributed by atoms with E-state index >= 15 is 0 Å². The minimum Gasteiger partial charge on any atom is -0.462 e. The topological polar surface area (TPSA) is 89.0 Å². The van der Waals surface area contributed by atoms with E-state index in [2.05, 4.69) is 15.4 Å². The standard InChI is InChI=1S/C23H28N4O3/c1-7-30-23(29)20-14(3)21(25-16(20)5)22(28)26-15(4)18-12-24-27(17(18)6)19-11-9-8-10-13(19)2/h8-12,15,25H,7H2,1-6H3,(H,26,28). The number of nitrogens with zero attached hydrogens (tertiary/aromatic N) is 2. The first-order valence-electron chi connectivity index (χ1n) is 10.0. The minimum atomic E-state index is -0.425. The number of esters is 1. The Morgan fingerprint density at radius 3 is 2.57 bits per heavy atom. The minimum absolute atomic E-state index is 0.260. The number of aryl methyl sites for hydroxylation is 2. The first-order chi connectivity index (χ1) is 14.3. The van der Waals surface area contributed by atoms with Gasteiger partial charge in [0, 0.05) is 17.0 Å². The Morgan fingerprint density at radius 2 is 1.90 bits per heavy atom. The molecule has 30 heavy (non-hydrogen) atoms. The molecule has 2 heterocycles. The van der Waals surface area contributed by atoms with Crippen molar-refractivity contribution >= 4 is 11.9 Å². The summed E-state index contributed by atoms with van der Waals surface area (Å²) in [5.41, 5.74) is 6.01. The van der Waals surface area contributed by atoms with E-state index in [-0.39, 0.29) is 18.6 Å². The van der Waals surface area contributed by atoms with Gasteiger partial charge in [-0.15, -0.1) is 0 Å². The zero-order valence-electron chi connectivity index (χ0n) is 18.3. The SMILES string of the molecule is CCOC(=O)c1c(C)[nH]c(C(=O)NC(C)c2cnn(-c3ccccc3C)c2C)c1C. The van der Waals surface area contributed by atoms with Crippen LogP contribution in [0, 0.1) is 27.7 Å². The zero-order chi connectivity index (χ0) is 22.0. The number of hydrogen-bond acceptors (Lipinski definition) is 4. The molecular formula is C23H28N4O3. The van der Waals surface area contributed by atoms with Gasteiger partial charge in [-0.2, -0.15) is 5.10 Å². The highest BCUT2D eigenvalue weighted by Crippen LogP contribution is 2.24. The van der Waals surface area contributed by atoms with Crippen LogP contribution in [0.1, 0.15) is 68.8 Å². The van der Waals surface area contributed by atoms with Gasteiger partial charge in [0.05, 0.1) is 30.1 Å². The molecule has 0 aliphatic heterocycles. The highest BCUT2D eigenvalue weighted by atomic mass is 16.5. The van der Waals surface area contributed by atoms with Crippen molar-refractivity contribution in [2.24, 2.45) is 0 Å². The smallest absolute Gasteiger partial charge is 0.340 e. The van der Waals surface area contributed by atoms with Crippen LogP contribution in [0.4, 0.5) is 0 Å². The Hall–Kier alpha value is -3.35. The normalized spacial score (nSPS) is 11.9. The number of carbonyl (C=O) groups is 2. The third kappa shape index (κ3) is 3.87. The summed E-state index contributed by atoms with van der Waals surface area (Å²) < 4.78 is 6.99. The van der Waals surface area contributed by atoms with Crippen molar-refractivity contribution in [3.63, 3.8) is 0 Å². The second-order valence-electron chi connectivity index (χ2n) is 7.42. The van der Waals surface area contributed by atoms with Crippen LogP contribution in [0.5, 0.6) is 0 Å². The third-order valence-electron chi connectivity index (χ3n) is 5.35. The van der Waals surface area contributed by atoms with Gasteiger partial charge >= 0.3 is 5.97 Å². The van der Waals surface area contributed by atoms with Gasteiger partial charge in [0.2, 0.25) is 0 Å². The second-order valence-corrected chi connectivity index (χ2v) is 7.42. The molecule has 0 aliphatic rings. The van der Waals surface area contributed by atoms with Gasteiger partial charge < -0.3 is 15.0 Å². The van der Waals surface area contributed by atoms with E-state index in [1.807, 2.05) is 49.7 Å². The molecule has 1 aromatic carbocycles. The van der Waals surface area contributed by atoms with Gasteiger partial charge in [0.25, 0.3) is 5.91 Å². The number of para-hydroxylation sites is 1. The number of nitrogens with one attached hydrogen (secondary N) is 2. The van der Waals surface area contributed by atoms with Crippen LogP contribution in [0.15, 0.2) is 30.5 Å². The Balaban J connectivity index is 1.83. The summed E-state index contributed by atoms with van der Waals surface area (Å²) in [4.78, 5) is 28.1. The quantitative estimate of drug-likeness (QED) is 0.601. The number of amides is 1. The van der Waals surface area contributed by atoms with Crippen molar-refractivity contribution in [3.05, 3.63) is 69.8 Å². The average molecular weight is 409 g/mol. The third-order valence-corrected chi connectivity index (χ3v) is 5.35. The largest absolute Gasteiger partial charge is 0.462 e. The number of hydrogen-bond donors (Lipinski definition) is 2. The highest BCUT2D eigenvalue weighted by Gasteiger charge is 2.24. The van der Waals surface area contributed by atoms with Crippen molar-refractivity contribution in [1.82, 2.24) is 20.1 Å². The average Bonchev–Trinajstić information content (AvgIpc) is 3.21. The molecule has 0 fully saturated rings. The summed E-state index contributed by atoms with van der Waals surface area (Å²) in [5.74, 6) is -0.701. The van der Waals surface area contributed by atoms with Crippen molar-refractivity contribution in [2.45, 2.75) is 47.6 Å². The molecule has 3 rings (SSSR count). The first kappa shape index (κ1) is 21.4. The van der Waals surface area contributed by atoms with E-state index in [0.717, 1.165) is 22.5 Å². The molecule has 158 valence electrons. The summed E-state index contributed by atoms with van der Waals surface area (Å²) in [6, 6.07) is 7.77. The molecule has 7 heteroatoms. The number of H-pyrrole nitrogens is 1.